The molecule has 1 aromatic rings. The van der Waals surface area contributed by atoms with Crippen LogP contribution in [0.2, 0.25) is 0 Å². The Morgan fingerprint density at radius 3 is 3.00 bits per heavy atom. The summed E-state index contributed by atoms with van der Waals surface area (Å²) in [5, 5.41) is 3.44. The van der Waals surface area contributed by atoms with Gasteiger partial charge in [0.15, 0.2) is 0 Å². The molecule has 0 atom stereocenters. The van der Waals surface area contributed by atoms with E-state index < -0.39 is 0 Å². The van der Waals surface area contributed by atoms with E-state index in [1.54, 1.807) is 12.1 Å². The molecule has 0 amide bonds. The second-order valence-electron chi connectivity index (χ2n) is 2.06. The van der Waals surface area contributed by atoms with Crippen molar-refractivity contribution in [2.45, 2.75) is 6.54 Å². The zero-order chi connectivity index (χ0) is 8.10. The molecule has 4 heteroatoms. The highest BCUT2D eigenvalue weighted by atomic mass is 15.1. The number of hydrogen-bond donors (Lipinski definition) is 1. The third kappa shape index (κ3) is 1.97. The Bertz CT molecular complexity index is 288. The van der Waals surface area contributed by atoms with Crippen molar-refractivity contribution in [1.82, 2.24) is 0 Å². The lowest BCUT2D eigenvalue weighted by molar-refractivity contribution is 1.07. The van der Waals surface area contributed by atoms with E-state index in [9.17, 15) is 0 Å². The number of nitrogens with zero attached hydrogens (tertiary/aromatic N) is 3. The van der Waals surface area contributed by atoms with Gasteiger partial charge in [-0.3, -0.25) is 0 Å². The summed E-state index contributed by atoms with van der Waals surface area (Å²) in [6.07, 6.45) is 0. The summed E-state index contributed by atoms with van der Waals surface area (Å²) in [4.78, 5) is 2.67. The summed E-state index contributed by atoms with van der Waals surface area (Å²) in [6, 6.07) is 7.20. The van der Waals surface area contributed by atoms with Crippen LogP contribution in [0.15, 0.2) is 29.4 Å². The maximum atomic E-state index is 8.11. The molecule has 11 heavy (non-hydrogen) atoms. The van der Waals surface area contributed by atoms with Crippen molar-refractivity contribution in [3.63, 3.8) is 0 Å². The van der Waals surface area contributed by atoms with Gasteiger partial charge in [-0.1, -0.05) is 23.3 Å². The lowest BCUT2D eigenvalue weighted by Crippen LogP contribution is -1.94. The van der Waals surface area contributed by atoms with Crippen LogP contribution in [-0.2, 0) is 6.54 Å². The van der Waals surface area contributed by atoms with E-state index in [4.69, 9.17) is 11.3 Å². The van der Waals surface area contributed by atoms with Crippen molar-refractivity contribution in [2.75, 3.05) is 0 Å². The molecule has 0 spiro atoms. The van der Waals surface area contributed by atoms with Crippen molar-refractivity contribution in [1.29, 1.82) is 0 Å². The topological polar surface area (TPSA) is 74.8 Å². The van der Waals surface area contributed by atoms with Gasteiger partial charge < -0.3 is 5.73 Å². The predicted octanol–water partition coefficient (Wildman–Crippen LogP) is 2.09. The van der Waals surface area contributed by atoms with Crippen molar-refractivity contribution < 1.29 is 0 Å². The Labute approximate surface area is 64.3 Å². The molecular weight excluding hydrogens is 140 g/mol. The van der Waals surface area contributed by atoms with E-state index in [1.807, 2.05) is 12.1 Å². The van der Waals surface area contributed by atoms with E-state index >= 15 is 0 Å². The molecule has 0 saturated heterocycles. The number of azide groups is 1. The minimum Gasteiger partial charge on any atom is -0.326 e. The lowest BCUT2D eigenvalue weighted by Gasteiger charge is -1.95. The fourth-order valence-corrected chi connectivity index (χ4v) is 0.797. The minimum absolute atomic E-state index is 0.467. The molecule has 0 aliphatic rings. The molecule has 0 fully saturated rings. The fourth-order valence-electron chi connectivity index (χ4n) is 0.797. The average molecular weight is 148 g/mol. The molecular formula is C7H8N4. The first kappa shape index (κ1) is 7.60. The maximum absolute atomic E-state index is 8.11. The zero-order valence-electron chi connectivity index (χ0n) is 5.94. The number of benzene rings is 1. The number of nitrogens with two attached hydrogens (primary N) is 1. The summed E-state index contributed by atoms with van der Waals surface area (Å²) >= 11 is 0. The standard InChI is InChI=1S/C7H8N4/c8-5-6-2-1-3-7(4-6)10-11-9/h1-4H,5,8H2. The molecule has 4 nitrogen and oxygen atoms in total. The van der Waals surface area contributed by atoms with Crippen LogP contribution in [0.3, 0.4) is 0 Å². The molecule has 0 aliphatic heterocycles. The first-order valence-electron chi connectivity index (χ1n) is 3.21. The van der Waals surface area contributed by atoms with Crippen LogP contribution in [0.1, 0.15) is 5.56 Å². The lowest BCUT2D eigenvalue weighted by atomic mass is 10.2. The molecule has 0 aromatic heterocycles. The molecule has 1 aromatic carbocycles. The van der Waals surface area contributed by atoms with Crippen LogP contribution < -0.4 is 5.73 Å². The highest BCUT2D eigenvalue weighted by molar-refractivity contribution is 5.39. The molecule has 0 unspecified atom stereocenters. The molecule has 1 rings (SSSR count). The highest BCUT2D eigenvalue weighted by Gasteiger charge is 1.89. The van der Waals surface area contributed by atoms with Gasteiger partial charge in [0.05, 0.1) is 0 Å². The first-order chi connectivity index (χ1) is 5.36. The van der Waals surface area contributed by atoms with Crippen LogP contribution in [0.25, 0.3) is 10.4 Å². The van der Waals surface area contributed by atoms with Gasteiger partial charge in [-0.05, 0) is 17.2 Å². The SMILES string of the molecule is [N-]=[N+]=Nc1cccc(CN)c1. The van der Waals surface area contributed by atoms with Crippen LogP contribution in [-0.4, -0.2) is 0 Å². The summed E-state index contributed by atoms with van der Waals surface area (Å²) in [6.45, 7) is 0.467. The Balaban J connectivity index is 3.00. The summed E-state index contributed by atoms with van der Waals surface area (Å²) in [7, 11) is 0. The third-order valence-electron chi connectivity index (χ3n) is 1.31. The van der Waals surface area contributed by atoms with E-state index in [0.717, 1.165) is 5.56 Å². The van der Waals surface area contributed by atoms with Crippen molar-refractivity contribution in [2.24, 2.45) is 10.8 Å². The highest BCUT2D eigenvalue weighted by Crippen LogP contribution is 2.13. The average Bonchev–Trinajstić information content (AvgIpc) is 2.06. The Morgan fingerprint density at radius 2 is 2.36 bits per heavy atom. The second kappa shape index (κ2) is 3.61. The van der Waals surface area contributed by atoms with Gasteiger partial charge in [-0.25, -0.2) is 0 Å². The predicted molar refractivity (Wildman–Crippen MR) is 43.1 cm³/mol. The monoisotopic (exact) mass is 148 g/mol. The van der Waals surface area contributed by atoms with E-state index in [2.05, 4.69) is 10.0 Å². The number of hydrogen-bond acceptors (Lipinski definition) is 2. The zero-order valence-corrected chi connectivity index (χ0v) is 5.94. The quantitative estimate of drug-likeness (QED) is 0.389. The van der Waals surface area contributed by atoms with Crippen LogP contribution >= 0.6 is 0 Å². The molecule has 2 N–H and O–H groups in total. The van der Waals surface area contributed by atoms with Crippen LogP contribution in [0, 0.1) is 0 Å². The Kier molecular flexibility index (Phi) is 2.49. The smallest absolute Gasteiger partial charge is 0.0378 e. The molecule has 0 aliphatic carbocycles. The van der Waals surface area contributed by atoms with Gasteiger partial charge in [0.25, 0.3) is 0 Å². The molecule has 56 valence electrons. The summed E-state index contributed by atoms with van der Waals surface area (Å²) < 4.78 is 0. The fraction of sp³-hybridized carbons (Fsp3) is 0.143. The number of rotatable bonds is 2. The van der Waals surface area contributed by atoms with Crippen molar-refractivity contribution in [3.8, 4) is 0 Å². The second-order valence-corrected chi connectivity index (χ2v) is 2.06. The van der Waals surface area contributed by atoms with Crippen molar-refractivity contribution >= 4 is 5.69 Å². The van der Waals surface area contributed by atoms with Gasteiger partial charge in [0.2, 0.25) is 0 Å². The normalized spacial score (nSPS) is 8.82. The molecule has 0 heterocycles. The largest absolute Gasteiger partial charge is 0.326 e. The Morgan fingerprint density at radius 1 is 1.55 bits per heavy atom. The van der Waals surface area contributed by atoms with Gasteiger partial charge in [-0.2, -0.15) is 0 Å². The van der Waals surface area contributed by atoms with E-state index in [0.29, 0.717) is 12.2 Å². The van der Waals surface area contributed by atoms with E-state index in [1.165, 1.54) is 0 Å². The summed E-state index contributed by atoms with van der Waals surface area (Å²) in [5.41, 5.74) is 15.1. The third-order valence-corrected chi connectivity index (χ3v) is 1.31. The van der Waals surface area contributed by atoms with Gasteiger partial charge in [-0.15, -0.1) is 0 Å². The van der Waals surface area contributed by atoms with Crippen LogP contribution in [0.5, 0.6) is 0 Å². The minimum atomic E-state index is 0.467. The van der Waals surface area contributed by atoms with Gasteiger partial charge in [0.1, 0.15) is 0 Å². The van der Waals surface area contributed by atoms with Crippen LogP contribution in [0.4, 0.5) is 5.69 Å². The van der Waals surface area contributed by atoms with Crippen molar-refractivity contribution in [3.05, 3.63) is 40.3 Å². The molecule has 0 saturated carbocycles. The van der Waals surface area contributed by atoms with Gasteiger partial charge in [0, 0.05) is 17.1 Å². The Hall–Kier alpha value is -1.51. The maximum Gasteiger partial charge on any atom is 0.0378 e. The molecule has 0 bridgehead atoms. The van der Waals surface area contributed by atoms with Gasteiger partial charge >= 0.3 is 0 Å². The first-order valence-corrected chi connectivity index (χ1v) is 3.21. The molecule has 0 radical (unpaired) electrons. The van der Waals surface area contributed by atoms with E-state index in [-0.39, 0.29) is 0 Å². The summed E-state index contributed by atoms with van der Waals surface area (Å²) in [5.74, 6) is 0.